The molecule has 1 rings (SSSR count). The first-order valence-electron chi connectivity index (χ1n) is 5.99. The largest absolute Gasteiger partial charge is 0.385 e. The summed E-state index contributed by atoms with van der Waals surface area (Å²) in [6, 6.07) is 5.69. The normalized spacial score (nSPS) is 18.5. The lowest BCUT2D eigenvalue weighted by Gasteiger charge is -2.27. The summed E-state index contributed by atoms with van der Waals surface area (Å²) >= 11 is 3.43. The first kappa shape index (κ1) is 14.7. The zero-order valence-electron chi connectivity index (χ0n) is 10.9. The Kier molecular flexibility index (Phi) is 4.39. The van der Waals surface area contributed by atoms with Crippen LogP contribution in [0.1, 0.15) is 51.7 Å². The highest BCUT2D eigenvalue weighted by Crippen LogP contribution is 2.33. The van der Waals surface area contributed by atoms with Crippen molar-refractivity contribution in [3.05, 3.63) is 33.8 Å². The second-order valence-electron chi connectivity index (χ2n) is 4.98. The van der Waals surface area contributed by atoms with Crippen LogP contribution in [-0.2, 0) is 11.2 Å². The van der Waals surface area contributed by atoms with Gasteiger partial charge >= 0.3 is 0 Å². The third-order valence-corrected chi connectivity index (χ3v) is 3.98. The maximum atomic E-state index is 10.3. The third kappa shape index (κ3) is 3.30. The van der Waals surface area contributed by atoms with Crippen LogP contribution in [0.3, 0.4) is 0 Å². The van der Waals surface area contributed by atoms with Gasteiger partial charge in [0.15, 0.2) is 0 Å². The maximum absolute atomic E-state index is 10.3. The van der Waals surface area contributed by atoms with E-state index in [0.29, 0.717) is 12.8 Å². The molecule has 0 heterocycles. The molecule has 0 aliphatic rings. The van der Waals surface area contributed by atoms with Gasteiger partial charge in [0.1, 0.15) is 0 Å². The molecule has 0 bridgehead atoms. The molecule has 0 aliphatic heterocycles. The molecular formula is C14H21BrO2. The molecule has 2 atom stereocenters. The van der Waals surface area contributed by atoms with Crippen molar-refractivity contribution in [2.24, 2.45) is 0 Å². The van der Waals surface area contributed by atoms with Crippen LogP contribution in [-0.4, -0.2) is 10.2 Å². The van der Waals surface area contributed by atoms with E-state index in [0.717, 1.165) is 15.6 Å². The molecule has 1 aromatic rings. The van der Waals surface area contributed by atoms with Gasteiger partial charge in [-0.2, -0.15) is 0 Å². The first-order valence-corrected chi connectivity index (χ1v) is 6.78. The monoisotopic (exact) mass is 300 g/mol. The highest BCUT2D eigenvalue weighted by Gasteiger charge is 2.26. The lowest BCUT2D eigenvalue weighted by Crippen LogP contribution is -2.23. The zero-order chi connectivity index (χ0) is 13.3. The second kappa shape index (κ2) is 5.09. The quantitative estimate of drug-likeness (QED) is 0.890. The predicted octanol–water partition coefficient (Wildman–Crippen LogP) is 3.68. The minimum Gasteiger partial charge on any atom is -0.385 e. The Morgan fingerprint density at radius 2 is 1.29 bits per heavy atom. The van der Waals surface area contributed by atoms with Gasteiger partial charge in [-0.1, -0.05) is 29.8 Å². The molecule has 0 aliphatic carbocycles. The lowest BCUT2D eigenvalue weighted by molar-refractivity contribution is 0.0462. The van der Waals surface area contributed by atoms with Crippen LogP contribution in [0.25, 0.3) is 0 Å². The van der Waals surface area contributed by atoms with Gasteiger partial charge in [0, 0.05) is 4.47 Å². The summed E-state index contributed by atoms with van der Waals surface area (Å²) in [4.78, 5) is 0. The Labute approximate surface area is 112 Å². The van der Waals surface area contributed by atoms with Crippen molar-refractivity contribution >= 4 is 15.9 Å². The minimum atomic E-state index is -0.859. The Hall–Kier alpha value is -0.380. The summed E-state index contributed by atoms with van der Waals surface area (Å²) in [6.45, 7) is 7.47. The van der Waals surface area contributed by atoms with E-state index < -0.39 is 11.2 Å². The van der Waals surface area contributed by atoms with Crippen LogP contribution in [0.15, 0.2) is 22.7 Å². The molecule has 3 heteroatoms. The van der Waals surface area contributed by atoms with E-state index in [2.05, 4.69) is 15.9 Å². The van der Waals surface area contributed by atoms with Crippen LogP contribution in [0.2, 0.25) is 0 Å². The van der Waals surface area contributed by atoms with E-state index >= 15 is 0 Å². The second-order valence-corrected chi connectivity index (χ2v) is 5.90. The highest BCUT2D eigenvalue weighted by molar-refractivity contribution is 9.10. The van der Waals surface area contributed by atoms with Crippen LogP contribution in [0, 0.1) is 0 Å². The van der Waals surface area contributed by atoms with Crippen molar-refractivity contribution in [2.45, 2.75) is 51.7 Å². The number of benzene rings is 1. The number of halogens is 1. The molecule has 2 unspecified atom stereocenters. The Bertz CT molecular complexity index is 363. The SMILES string of the molecule is CCC(C)(O)c1cc(Br)cc(C(C)(O)CC)c1. The Morgan fingerprint density at radius 3 is 1.59 bits per heavy atom. The molecular weight excluding hydrogens is 280 g/mol. The molecule has 1 aromatic carbocycles. The van der Waals surface area contributed by atoms with Gasteiger partial charge in [0.05, 0.1) is 11.2 Å². The molecule has 0 saturated heterocycles. The molecule has 96 valence electrons. The van der Waals surface area contributed by atoms with Gasteiger partial charge in [-0.3, -0.25) is 0 Å². The molecule has 0 amide bonds. The van der Waals surface area contributed by atoms with E-state index in [-0.39, 0.29) is 0 Å². The smallest absolute Gasteiger partial charge is 0.0866 e. The van der Waals surface area contributed by atoms with Crippen LogP contribution in [0.4, 0.5) is 0 Å². The van der Waals surface area contributed by atoms with Crippen LogP contribution >= 0.6 is 15.9 Å². The minimum absolute atomic E-state index is 0.636. The van der Waals surface area contributed by atoms with Crippen molar-refractivity contribution in [1.82, 2.24) is 0 Å². The molecule has 0 saturated carbocycles. The van der Waals surface area contributed by atoms with Crippen molar-refractivity contribution in [3.63, 3.8) is 0 Å². The van der Waals surface area contributed by atoms with Crippen molar-refractivity contribution < 1.29 is 10.2 Å². The third-order valence-electron chi connectivity index (χ3n) is 3.52. The molecule has 0 fully saturated rings. The van der Waals surface area contributed by atoms with Gasteiger partial charge in [0.2, 0.25) is 0 Å². The van der Waals surface area contributed by atoms with Crippen molar-refractivity contribution in [2.75, 3.05) is 0 Å². The predicted molar refractivity (Wildman–Crippen MR) is 73.9 cm³/mol. The molecule has 0 spiro atoms. The van der Waals surface area contributed by atoms with E-state index in [1.807, 2.05) is 32.0 Å². The summed E-state index contributed by atoms with van der Waals surface area (Å²) in [5, 5.41) is 20.6. The van der Waals surface area contributed by atoms with E-state index in [9.17, 15) is 10.2 Å². The van der Waals surface area contributed by atoms with Gasteiger partial charge < -0.3 is 10.2 Å². The van der Waals surface area contributed by atoms with E-state index in [1.54, 1.807) is 13.8 Å². The first-order chi connectivity index (χ1) is 7.73. The fourth-order valence-corrected chi connectivity index (χ4v) is 2.11. The van der Waals surface area contributed by atoms with Crippen LogP contribution in [0.5, 0.6) is 0 Å². The Morgan fingerprint density at radius 1 is 0.941 bits per heavy atom. The van der Waals surface area contributed by atoms with Gasteiger partial charge in [-0.15, -0.1) is 0 Å². The molecule has 17 heavy (non-hydrogen) atoms. The van der Waals surface area contributed by atoms with Crippen LogP contribution < -0.4 is 0 Å². The maximum Gasteiger partial charge on any atom is 0.0866 e. The van der Waals surface area contributed by atoms with E-state index in [4.69, 9.17) is 0 Å². The average molecular weight is 301 g/mol. The summed E-state index contributed by atoms with van der Waals surface area (Å²) in [7, 11) is 0. The molecule has 2 N–H and O–H groups in total. The van der Waals surface area contributed by atoms with Crippen molar-refractivity contribution in [3.8, 4) is 0 Å². The molecule has 0 aromatic heterocycles. The number of hydrogen-bond donors (Lipinski definition) is 2. The summed E-state index contributed by atoms with van der Waals surface area (Å²) in [5.41, 5.74) is -0.0544. The average Bonchev–Trinajstić information content (AvgIpc) is 2.28. The zero-order valence-corrected chi connectivity index (χ0v) is 12.5. The lowest BCUT2D eigenvalue weighted by atomic mass is 9.87. The number of hydrogen-bond acceptors (Lipinski definition) is 2. The van der Waals surface area contributed by atoms with Gasteiger partial charge in [-0.05, 0) is 56.0 Å². The molecule has 0 radical (unpaired) electrons. The van der Waals surface area contributed by atoms with Gasteiger partial charge in [0.25, 0.3) is 0 Å². The van der Waals surface area contributed by atoms with Gasteiger partial charge in [-0.25, -0.2) is 0 Å². The summed E-state index contributed by atoms with van der Waals surface area (Å²) < 4.78 is 0.882. The topological polar surface area (TPSA) is 40.5 Å². The highest BCUT2D eigenvalue weighted by atomic mass is 79.9. The fourth-order valence-electron chi connectivity index (χ4n) is 1.62. The molecule has 2 nitrogen and oxygen atoms in total. The Balaban J connectivity index is 3.29. The summed E-state index contributed by atoms with van der Waals surface area (Å²) in [5.74, 6) is 0. The number of aliphatic hydroxyl groups is 2. The fraction of sp³-hybridized carbons (Fsp3) is 0.571. The standard InChI is InChI=1S/C14H21BrO2/c1-5-13(3,16)10-7-11(9-12(15)8-10)14(4,17)6-2/h7-9,16-17H,5-6H2,1-4H3. The van der Waals surface area contributed by atoms with Crippen molar-refractivity contribution in [1.29, 1.82) is 0 Å². The summed E-state index contributed by atoms with van der Waals surface area (Å²) in [6.07, 6.45) is 1.27. The number of rotatable bonds is 4. The van der Waals surface area contributed by atoms with E-state index in [1.165, 1.54) is 0 Å².